The molecule has 144 valence electrons. The number of ether oxygens (including phenoxy) is 1. The van der Waals surface area contributed by atoms with E-state index in [9.17, 15) is 9.59 Å². The van der Waals surface area contributed by atoms with Gasteiger partial charge < -0.3 is 15.4 Å². The van der Waals surface area contributed by atoms with Crippen LogP contribution in [0, 0.1) is 0 Å². The number of halogens is 1. The molecule has 28 heavy (non-hydrogen) atoms. The molecule has 5 nitrogen and oxygen atoms in total. The molecule has 0 bridgehead atoms. The van der Waals surface area contributed by atoms with Gasteiger partial charge in [-0.3, -0.25) is 9.59 Å². The van der Waals surface area contributed by atoms with Gasteiger partial charge >= 0.3 is 0 Å². The van der Waals surface area contributed by atoms with Gasteiger partial charge in [0.1, 0.15) is 5.75 Å². The highest BCUT2D eigenvalue weighted by Crippen LogP contribution is 2.27. The Morgan fingerprint density at radius 1 is 1.00 bits per heavy atom. The van der Waals surface area contributed by atoms with Gasteiger partial charge in [0.05, 0.1) is 27.9 Å². The third-order valence-corrected chi connectivity index (χ3v) is 5.02. The maximum atomic E-state index is 12.7. The van der Waals surface area contributed by atoms with Gasteiger partial charge in [0.15, 0.2) is 0 Å². The van der Waals surface area contributed by atoms with Crippen molar-refractivity contribution in [1.29, 1.82) is 0 Å². The van der Waals surface area contributed by atoms with E-state index in [1.54, 1.807) is 42.5 Å². The molecule has 7 heteroatoms. The Bertz CT molecular complexity index is 974. The minimum Gasteiger partial charge on any atom is -0.491 e. The molecule has 2 amide bonds. The van der Waals surface area contributed by atoms with Gasteiger partial charge in [-0.05, 0) is 48.2 Å². The molecule has 0 fully saturated rings. The van der Waals surface area contributed by atoms with Crippen molar-refractivity contribution in [2.45, 2.75) is 13.3 Å². The number of thiophene rings is 1. The zero-order valence-corrected chi connectivity index (χ0v) is 16.8. The molecule has 0 atom stereocenters. The Morgan fingerprint density at radius 2 is 1.79 bits per heavy atom. The minimum atomic E-state index is -0.323. The van der Waals surface area contributed by atoms with Crippen LogP contribution in [0.4, 0.5) is 11.4 Å². The van der Waals surface area contributed by atoms with E-state index in [1.807, 2.05) is 24.4 Å². The van der Waals surface area contributed by atoms with Gasteiger partial charge in [-0.15, -0.1) is 11.3 Å². The fourth-order valence-electron chi connectivity index (χ4n) is 2.46. The van der Waals surface area contributed by atoms with Crippen molar-refractivity contribution in [2.75, 3.05) is 17.2 Å². The smallest absolute Gasteiger partial charge is 0.265 e. The average molecular weight is 415 g/mol. The molecule has 3 aromatic rings. The van der Waals surface area contributed by atoms with Crippen LogP contribution in [-0.2, 0) is 0 Å². The molecular formula is C21H19ClN2O3S. The molecule has 2 N–H and O–H groups in total. The fraction of sp³-hybridized carbons (Fsp3) is 0.143. The van der Waals surface area contributed by atoms with Gasteiger partial charge in [0.2, 0.25) is 0 Å². The van der Waals surface area contributed by atoms with E-state index in [2.05, 4.69) is 10.6 Å². The van der Waals surface area contributed by atoms with Crippen LogP contribution in [0.15, 0.2) is 60.0 Å². The summed E-state index contributed by atoms with van der Waals surface area (Å²) in [7, 11) is 0. The molecule has 2 aromatic carbocycles. The van der Waals surface area contributed by atoms with Crippen LogP contribution in [0.3, 0.4) is 0 Å². The third kappa shape index (κ3) is 4.91. The molecule has 0 aliphatic rings. The average Bonchev–Trinajstić information content (AvgIpc) is 3.24. The van der Waals surface area contributed by atoms with Gasteiger partial charge in [-0.25, -0.2) is 0 Å². The summed E-state index contributed by atoms with van der Waals surface area (Å²) in [5, 5.41) is 7.76. The normalized spacial score (nSPS) is 10.4. The van der Waals surface area contributed by atoms with Crippen molar-refractivity contribution in [3.8, 4) is 5.75 Å². The van der Waals surface area contributed by atoms with E-state index in [0.29, 0.717) is 39.2 Å². The first kappa shape index (κ1) is 19.9. The Hall–Kier alpha value is -2.83. The van der Waals surface area contributed by atoms with E-state index >= 15 is 0 Å². The topological polar surface area (TPSA) is 67.4 Å². The van der Waals surface area contributed by atoms with Crippen LogP contribution in [0.25, 0.3) is 0 Å². The first-order chi connectivity index (χ1) is 13.6. The highest BCUT2D eigenvalue weighted by molar-refractivity contribution is 7.12. The van der Waals surface area contributed by atoms with Crippen molar-refractivity contribution >= 4 is 46.1 Å². The number of carbonyl (C=O) groups is 2. The maximum Gasteiger partial charge on any atom is 0.265 e. The highest BCUT2D eigenvalue weighted by atomic mass is 35.5. The lowest BCUT2D eigenvalue weighted by Crippen LogP contribution is -2.15. The van der Waals surface area contributed by atoms with Crippen LogP contribution < -0.4 is 15.4 Å². The van der Waals surface area contributed by atoms with Gasteiger partial charge in [0.25, 0.3) is 11.8 Å². The fourth-order valence-corrected chi connectivity index (χ4v) is 3.24. The molecule has 0 spiro atoms. The first-order valence-corrected chi connectivity index (χ1v) is 10.0. The van der Waals surface area contributed by atoms with Gasteiger partial charge in [-0.2, -0.15) is 0 Å². The standard InChI is InChI=1S/C21H19ClN2O3S/c1-2-11-27-18-7-4-3-6-16(18)23-20(25)14-9-10-15(22)17(13-14)24-21(26)19-8-5-12-28-19/h3-10,12-13H,2,11H2,1H3,(H,23,25)(H,24,26). The van der Waals surface area contributed by atoms with E-state index in [-0.39, 0.29) is 11.8 Å². The number of para-hydroxylation sites is 2. The van der Waals surface area contributed by atoms with Crippen LogP contribution in [0.2, 0.25) is 5.02 Å². The maximum absolute atomic E-state index is 12.7. The summed E-state index contributed by atoms with van der Waals surface area (Å²) in [4.78, 5) is 25.5. The van der Waals surface area contributed by atoms with Gasteiger partial charge in [-0.1, -0.05) is 36.7 Å². The lowest BCUT2D eigenvalue weighted by atomic mass is 10.1. The molecule has 3 rings (SSSR count). The highest BCUT2D eigenvalue weighted by Gasteiger charge is 2.14. The molecule has 1 aromatic heterocycles. The molecular weight excluding hydrogens is 396 g/mol. The Kier molecular flexibility index (Phi) is 6.68. The second-order valence-corrected chi connectivity index (χ2v) is 7.28. The summed E-state index contributed by atoms with van der Waals surface area (Å²) in [6.45, 7) is 2.58. The summed E-state index contributed by atoms with van der Waals surface area (Å²) >= 11 is 7.51. The van der Waals surface area contributed by atoms with Crippen molar-refractivity contribution < 1.29 is 14.3 Å². The molecule has 1 heterocycles. The number of hydrogen-bond acceptors (Lipinski definition) is 4. The monoisotopic (exact) mass is 414 g/mol. The van der Waals surface area contributed by atoms with Crippen LogP contribution in [0.5, 0.6) is 5.75 Å². The predicted octanol–water partition coefficient (Wildman–Crippen LogP) is 5.69. The number of rotatable bonds is 7. The van der Waals surface area contributed by atoms with Crippen molar-refractivity contribution in [3.63, 3.8) is 0 Å². The lowest BCUT2D eigenvalue weighted by molar-refractivity contribution is 0.101. The Morgan fingerprint density at radius 3 is 2.54 bits per heavy atom. The minimum absolute atomic E-state index is 0.271. The number of amides is 2. The number of nitrogens with one attached hydrogen (secondary N) is 2. The summed E-state index contributed by atoms with van der Waals surface area (Å²) in [5.74, 6) is 0.0153. The van der Waals surface area contributed by atoms with Gasteiger partial charge in [0, 0.05) is 5.56 Å². The molecule has 0 aliphatic carbocycles. The second-order valence-electron chi connectivity index (χ2n) is 5.92. The number of benzene rings is 2. The van der Waals surface area contributed by atoms with Crippen molar-refractivity contribution in [3.05, 3.63) is 75.4 Å². The lowest BCUT2D eigenvalue weighted by Gasteiger charge is -2.13. The molecule has 0 saturated heterocycles. The number of carbonyl (C=O) groups excluding carboxylic acids is 2. The van der Waals surface area contributed by atoms with Crippen LogP contribution >= 0.6 is 22.9 Å². The van der Waals surface area contributed by atoms with E-state index in [4.69, 9.17) is 16.3 Å². The molecule has 0 unspecified atom stereocenters. The van der Waals surface area contributed by atoms with E-state index in [0.717, 1.165) is 6.42 Å². The first-order valence-electron chi connectivity index (χ1n) is 8.76. The quantitative estimate of drug-likeness (QED) is 0.521. The van der Waals surface area contributed by atoms with Crippen LogP contribution in [0.1, 0.15) is 33.4 Å². The van der Waals surface area contributed by atoms with E-state index in [1.165, 1.54) is 11.3 Å². The van der Waals surface area contributed by atoms with Crippen molar-refractivity contribution in [2.24, 2.45) is 0 Å². The molecule has 0 saturated carbocycles. The van der Waals surface area contributed by atoms with Crippen molar-refractivity contribution in [1.82, 2.24) is 0 Å². The predicted molar refractivity (Wildman–Crippen MR) is 114 cm³/mol. The number of anilines is 2. The SMILES string of the molecule is CCCOc1ccccc1NC(=O)c1ccc(Cl)c(NC(=O)c2cccs2)c1. The summed E-state index contributed by atoms with van der Waals surface area (Å²) < 4.78 is 5.67. The second kappa shape index (κ2) is 9.39. The summed E-state index contributed by atoms with van der Waals surface area (Å²) in [5.41, 5.74) is 1.33. The van der Waals surface area contributed by atoms with Crippen LogP contribution in [-0.4, -0.2) is 18.4 Å². The summed E-state index contributed by atoms with van der Waals surface area (Å²) in [6, 6.07) is 15.5. The zero-order valence-electron chi connectivity index (χ0n) is 15.2. The largest absolute Gasteiger partial charge is 0.491 e. The Labute approximate surface area is 172 Å². The number of hydrogen-bond donors (Lipinski definition) is 2. The molecule has 0 aliphatic heterocycles. The Balaban J connectivity index is 1.77. The van der Waals surface area contributed by atoms with E-state index < -0.39 is 0 Å². The summed E-state index contributed by atoms with van der Waals surface area (Å²) in [6.07, 6.45) is 0.868. The molecule has 0 radical (unpaired) electrons. The zero-order chi connectivity index (χ0) is 19.9. The third-order valence-electron chi connectivity index (χ3n) is 3.82.